The fourth-order valence-electron chi connectivity index (χ4n) is 2.43. The Morgan fingerprint density at radius 1 is 1.43 bits per heavy atom. The van der Waals surface area contributed by atoms with Gasteiger partial charge in [-0.25, -0.2) is 0 Å². The molecule has 1 saturated carbocycles. The predicted octanol–water partition coefficient (Wildman–Crippen LogP) is 1.72. The lowest BCUT2D eigenvalue weighted by atomic mass is 10.0. The molecule has 1 heterocycles. The van der Waals surface area contributed by atoms with Crippen LogP contribution in [0.15, 0.2) is 18.2 Å². The van der Waals surface area contributed by atoms with Crippen LogP contribution < -0.4 is 4.74 Å². The molecule has 1 fully saturated rings. The SMILES string of the molecule is OC[C@@H]1C[C@@H]1c1cccc2c1CCO2. The highest BCUT2D eigenvalue weighted by Gasteiger charge is 2.39. The molecular formula is C12H14O2. The average Bonchev–Trinajstić information content (AvgIpc) is 2.85. The molecule has 0 radical (unpaired) electrons. The summed E-state index contributed by atoms with van der Waals surface area (Å²) in [7, 11) is 0. The second-order valence-corrected chi connectivity index (χ2v) is 4.21. The number of ether oxygens (including phenoxy) is 1. The second kappa shape index (κ2) is 2.99. The number of aliphatic hydroxyl groups is 1. The summed E-state index contributed by atoms with van der Waals surface area (Å²) in [6.07, 6.45) is 2.19. The van der Waals surface area contributed by atoms with Gasteiger partial charge in [-0.2, -0.15) is 0 Å². The summed E-state index contributed by atoms with van der Waals surface area (Å²) in [5.74, 6) is 2.16. The molecule has 2 atom stereocenters. The molecule has 1 aromatic carbocycles. The van der Waals surface area contributed by atoms with Crippen molar-refractivity contribution < 1.29 is 9.84 Å². The molecule has 3 rings (SSSR count). The molecule has 2 heteroatoms. The van der Waals surface area contributed by atoms with Crippen molar-refractivity contribution in [3.63, 3.8) is 0 Å². The maximum atomic E-state index is 9.06. The van der Waals surface area contributed by atoms with Crippen LogP contribution in [0.5, 0.6) is 5.75 Å². The van der Waals surface area contributed by atoms with E-state index in [0.717, 1.165) is 25.2 Å². The molecular weight excluding hydrogens is 176 g/mol. The predicted molar refractivity (Wildman–Crippen MR) is 53.6 cm³/mol. The van der Waals surface area contributed by atoms with Crippen LogP contribution in [0.4, 0.5) is 0 Å². The van der Waals surface area contributed by atoms with E-state index in [9.17, 15) is 0 Å². The Morgan fingerprint density at radius 3 is 3.14 bits per heavy atom. The number of hydrogen-bond donors (Lipinski definition) is 1. The normalized spacial score (nSPS) is 28.4. The molecule has 2 nitrogen and oxygen atoms in total. The topological polar surface area (TPSA) is 29.5 Å². The van der Waals surface area contributed by atoms with Gasteiger partial charge in [0, 0.05) is 18.6 Å². The van der Waals surface area contributed by atoms with E-state index in [2.05, 4.69) is 12.1 Å². The van der Waals surface area contributed by atoms with E-state index in [4.69, 9.17) is 9.84 Å². The van der Waals surface area contributed by atoms with E-state index in [-0.39, 0.29) is 0 Å². The average molecular weight is 190 g/mol. The number of benzene rings is 1. The fraction of sp³-hybridized carbons (Fsp3) is 0.500. The number of fused-ring (bicyclic) bond motifs is 1. The van der Waals surface area contributed by atoms with Gasteiger partial charge in [0.05, 0.1) is 6.61 Å². The molecule has 1 aromatic rings. The third-order valence-electron chi connectivity index (χ3n) is 3.34. The molecule has 14 heavy (non-hydrogen) atoms. The summed E-state index contributed by atoms with van der Waals surface area (Å²) in [5, 5.41) is 9.06. The Labute approximate surface area is 83.5 Å². The van der Waals surface area contributed by atoms with Crippen molar-refractivity contribution in [1.82, 2.24) is 0 Å². The van der Waals surface area contributed by atoms with Crippen molar-refractivity contribution >= 4 is 0 Å². The zero-order valence-corrected chi connectivity index (χ0v) is 8.07. The van der Waals surface area contributed by atoms with Gasteiger partial charge in [0.2, 0.25) is 0 Å². The van der Waals surface area contributed by atoms with E-state index in [0.29, 0.717) is 18.4 Å². The molecule has 0 saturated heterocycles. The lowest BCUT2D eigenvalue weighted by Crippen LogP contribution is -1.93. The van der Waals surface area contributed by atoms with E-state index in [1.807, 2.05) is 6.07 Å². The van der Waals surface area contributed by atoms with E-state index in [1.54, 1.807) is 0 Å². The van der Waals surface area contributed by atoms with Crippen LogP contribution >= 0.6 is 0 Å². The highest BCUT2D eigenvalue weighted by Crippen LogP contribution is 2.50. The summed E-state index contributed by atoms with van der Waals surface area (Å²) < 4.78 is 5.52. The molecule has 1 N–H and O–H groups in total. The van der Waals surface area contributed by atoms with Gasteiger partial charge < -0.3 is 9.84 Å². The van der Waals surface area contributed by atoms with Crippen LogP contribution in [-0.4, -0.2) is 18.3 Å². The third kappa shape index (κ3) is 1.14. The summed E-state index contributed by atoms with van der Waals surface area (Å²) in [6.45, 7) is 1.15. The molecule has 0 amide bonds. The molecule has 0 bridgehead atoms. The monoisotopic (exact) mass is 190 g/mol. The molecule has 0 aromatic heterocycles. The van der Waals surface area contributed by atoms with Crippen molar-refractivity contribution in [3.05, 3.63) is 29.3 Å². The first-order chi connectivity index (χ1) is 6.90. The molecule has 1 aliphatic heterocycles. The van der Waals surface area contributed by atoms with Gasteiger partial charge >= 0.3 is 0 Å². The Morgan fingerprint density at radius 2 is 2.36 bits per heavy atom. The zero-order valence-electron chi connectivity index (χ0n) is 8.07. The molecule has 0 spiro atoms. The van der Waals surface area contributed by atoms with Crippen molar-refractivity contribution in [2.45, 2.75) is 18.8 Å². The van der Waals surface area contributed by atoms with Crippen molar-refractivity contribution in [1.29, 1.82) is 0 Å². The van der Waals surface area contributed by atoms with Crippen molar-refractivity contribution in [2.75, 3.05) is 13.2 Å². The van der Waals surface area contributed by atoms with Crippen LogP contribution in [-0.2, 0) is 6.42 Å². The van der Waals surface area contributed by atoms with Crippen LogP contribution in [0.2, 0.25) is 0 Å². The zero-order chi connectivity index (χ0) is 9.54. The van der Waals surface area contributed by atoms with Gasteiger partial charge in [0.25, 0.3) is 0 Å². The Balaban J connectivity index is 1.95. The highest BCUT2D eigenvalue weighted by molar-refractivity contribution is 5.46. The van der Waals surface area contributed by atoms with Crippen molar-refractivity contribution in [2.24, 2.45) is 5.92 Å². The molecule has 74 valence electrons. The van der Waals surface area contributed by atoms with Crippen molar-refractivity contribution in [3.8, 4) is 5.75 Å². The summed E-state index contributed by atoms with van der Waals surface area (Å²) in [4.78, 5) is 0. The van der Waals surface area contributed by atoms with Gasteiger partial charge in [-0.05, 0) is 29.9 Å². The third-order valence-corrected chi connectivity index (χ3v) is 3.34. The maximum absolute atomic E-state index is 9.06. The van der Waals surface area contributed by atoms with Crippen LogP contribution in [0, 0.1) is 5.92 Å². The summed E-state index contributed by atoms with van der Waals surface area (Å²) in [5.41, 5.74) is 2.80. The molecule has 0 unspecified atom stereocenters. The van der Waals surface area contributed by atoms with Gasteiger partial charge in [0.15, 0.2) is 0 Å². The number of aliphatic hydroxyl groups excluding tert-OH is 1. The Kier molecular flexibility index (Phi) is 1.77. The van der Waals surface area contributed by atoms with Crippen LogP contribution in [0.3, 0.4) is 0 Å². The summed E-state index contributed by atoms with van der Waals surface area (Å²) >= 11 is 0. The Hall–Kier alpha value is -1.02. The number of rotatable bonds is 2. The largest absolute Gasteiger partial charge is 0.493 e. The minimum atomic E-state index is 0.329. The molecule has 2 aliphatic rings. The van der Waals surface area contributed by atoms with E-state index < -0.39 is 0 Å². The number of hydrogen-bond acceptors (Lipinski definition) is 2. The first-order valence-electron chi connectivity index (χ1n) is 5.25. The van der Waals surface area contributed by atoms with E-state index >= 15 is 0 Å². The lowest BCUT2D eigenvalue weighted by Gasteiger charge is -2.05. The quantitative estimate of drug-likeness (QED) is 0.769. The summed E-state index contributed by atoms with van der Waals surface area (Å²) in [6, 6.07) is 6.29. The van der Waals surface area contributed by atoms with Gasteiger partial charge in [0.1, 0.15) is 5.75 Å². The highest BCUT2D eigenvalue weighted by atomic mass is 16.5. The minimum Gasteiger partial charge on any atom is -0.493 e. The Bertz CT molecular complexity index is 359. The first kappa shape index (κ1) is 8.30. The van der Waals surface area contributed by atoms with Crippen LogP contribution in [0.25, 0.3) is 0 Å². The lowest BCUT2D eigenvalue weighted by molar-refractivity contribution is 0.274. The van der Waals surface area contributed by atoms with Gasteiger partial charge in [-0.15, -0.1) is 0 Å². The standard InChI is InChI=1S/C12H14O2/c13-7-8-6-11(8)9-2-1-3-12-10(9)4-5-14-12/h1-3,8,11,13H,4-7H2/t8-,11-/m0/s1. The second-order valence-electron chi connectivity index (χ2n) is 4.21. The molecule has 1 aliphatic carbocycles. The minimum absolute atomic E-state index is 0.329. The van der Waals surface area contributed by atoms with Crippen LogP contribution in [0.1, 0.15) is 23.5 Å². The first-order valence-corrected chi connectivity index (χ1v) is 5.25. The fourth-order valence-corrected chi connectivity index (χ4v) is 2.43. The maximum Gasteiger partial charge on any atom is 0.122 e. The van der Waals surface area contributed by atoms with Gasteiger partial charge in [-0.1, -0.05) is 12.1 Å². The van der Waals surface area contributed by atoms with E-state index in [1.165, 1.54) is 11.1 Å². The van der Waals surface area contributed by atoms with Gasteiger partial charge in [-0.3, -0.25) is 0 Å². The smallest absolute Gasteiger partial charge is 0.122 e.